The van der Waals surface area contributed by atoms with Gasteiger partial charge in [0.25, 0.3) is 0 Å². The van der Waals surface area contributed by atoms with E-state index in [4.69, 9.17) is 0 Å². The highest BCUT2D eigenvalue weighted by atomic mass is 14.2. The highest BCUT2D eigenvalue weighted by Crippen LogP contribution is 2.46. The minimum absolute atomic E-state index is 1.20. The van der Waals surface area contributed by atoms with Gasteiger partial charge >= 0.3 is 0 Å². The second kappa shape index (κ2) is 12.5. The monoisotopic (exact) mass is 658 g/mol. The van der Waals surface area contributed by atoms with Crippen molar-refractivity contribution in [2.24, 2.45) is 0 Å². The summed E-state index contributed by atoms with van der Waals surface area (Å²) in [6.07, 6.45) is 0. The van der Waals surface area contributed by atoms with Crippen LogP contribution in [-0.2, 0) is 0 Å². The molecule has 0 radical (unpaired) electrons. The van der Waals surface area contributed by atoms with Crippen molar-refractivity contribution in [3.05, 3.63) is 206 Å². The number of fused-ring (bicyclic) bond motifs is 4. The molecule has 0 heteroatoms. The van der Waals surface area contributed by atoms with Gasteiger partial charge in [-0.3, -0.25) is 0 Å². The molecule has 0 aliphatic rings. The van der Waals surface area contributed by atoms with E-state index in [1.807, 2.05) is 0 Å². The molecule has 10 aromatic carbocycles. The molecular formula is C52H34. The molecule has 52 heavy (non-hydrogen) atoms. The van der Waals surface area contributed by atoms with Crippen LogP contribution < -0.4 is 0 Å². The summed E-state index contributed by atoms with van der Waals surface area (Å²) in [7, 11) is 0. The average Bonchev–Trinajstić information content (AvgIpc) is 3.22. The second-order valence-electron chi connectivity index (χ2n) is 13.7. The van der Waals surface area contributed by atoms with Gasteiger partial charge in [0.2, 0.25) is 0 Å². The summed E-state index contributed by atoms with van der Waals surface area (Å²) in [5.41, 5.74) is 12.3. The van der Waals surface area contributed by atoms with Crippen molar-refractivity contribution in [1.29, 1.82) is 0 Å². The first-order valence-electron chi connectivity index (χ1n) is 18.0. The van der Waals surface area contributed by atoms with Gasteiger partial charge in [-0.25, -0.2) is 0 Å². The van der Waals surface area contributed by atoms with Crippen LogP contribution in [0.2, 0.25) is 0 Å². The molecule has 242 valence electrons. The average molecular weight is 659 g/mol. The molecule has 0 saturated carbocycles. The van der Waals surface area contributed by atoms with E-state index in [0.29, 0.717) is 0 Å². The van der Waals surface area contributed by atoms with Crippen LogP contribution in [0.4, 0.5) is 0 Å². The van der Waals surface area contributed by atoms with Crippen molar-refractivity contribution in [2.45, 2.75) is 0 Å². The van der Waals surface area contributed by atoms with Gasteiger partial charge in [-0.2, -0.15) is 0 Å². The van der Waals surface area contributed by atoms with Gasteiger partial charge in [0.15, 0.2) is 0 Å². The maximum atomic E-state index is 2.43. The third-order valence-corrected chi connectivity index (χ3v) is 10.6. The standard InChI is InChI=1S/C52H34/c1-2-15-37(16-3-1)51-46-21-8-10-23-48(46)52(49-24-11-9-22-47(49)51)44-29-30-45(50(34-44)43-28-26-36-14-5-7-18-39(36)32-43)42-20-12-19-40(33-42)41-27-25-35-13-4-6-17-38(35)31-41/h1-34H. The maximum Gasteiger partial charge on any atom is -0.00261 e. The van der Waals surface area contributed by atoms with E-state index in [-0.39, 0.29) is 0 Å². The summed E-state index contributed by atoms with van der Waals surface area (Å²) in [5, 5.41) is 10.0. The zero-order valence-corrected chi connectivity index (χ0v) is 28.6. The second-order valence-corrected chi connectivity index (χ2v) is 13.7. The molecule has 0 aliphatic carbocycles. The Morgan fingerprint density at radius 2 is 0.615 bits per heavy atom. The van der Waals surface area contributed by atoms with E-state index in [1.54, 1.807) is 0 Å². The Kier molecular flexibility index (Phi) is 7.25. The molecule has 0 fully saturated rings. The smallest absolute Gasteiger partial charge is 0.00261 e. The van der Waals surface area contributed by atoms with Crippen molar-refractivity contribution < 1.29 is 0 Å². The Balaban J connectivity index is 1.22. The molecule has 0 spiro atoms. The van der Waals surface area contributed by atoms with E-state index in [9.17, 15) is 0 Å². The Bertz CT molecular complexity index is 2890. The van der Waals surface area contributed by atoms with Gasteiger partial charge in [0.1, 0.15) is 0 Å². The summed E-state index contributed by atoms with van der Waals surface area (Å²) in [4.78, 5) is 0. The Hall–Kier alpha value is -6.76. The molecule has 0 atom stereocenters. The van der Waals surface area contributed by atoms with Gasteiger partial charge in [0.05, 0.1) is 0 Å². The molecule has 0 saturated heterocycles. The van der Waals surface area contributed by atoms with Crippen LogP contribution in [0, 0.1) is 0 Å². The molecular weight excluding hydrogens is 625 g/mol. The van der Waals surface area contributed by atoms with E-state index in [1.165, 1.54) is 98.7 Å². The SMILES string of the molecule is c1ccc(-c2c3ccccc3c(-c3ccc(-c4cccc(-c5ccc6ccccc6c5)c4)c(-c4ccc5ccccc5c4)c3)c3ccccc23)cc1. The fourth-order valence-corrected chi connectivity index (χ4v) is 8.14. The van der Waals surface area contributed by atoms with E-state index in [0.717, 1.165) is 0 Å². The highest BCUT2D eigenvalue weighted by Gasteiger charge is 2.18. The number of hydrogen-bond donors (Lipinski definition) is 0. The number of hydrogen-bond acceptors (Lipinski definition) is 0. The molecule has 10 rings (SSSR count). The minimum atomic E-state index is 1.20. The molecule has 0 unspecified atom stereocenters. The third-order valence-electron chi connectivity index (χ3n) is 10.6. The van der Waals surface area contributed by atoms with Crippen LogP contribution in [0.3, 0.4) is 0 Å². The van der Waals surface area contributed by atoms with Gasteiger partial charge in [-0.05, 0) is 123 Å². The predicted molar refractivity (Wildman–Crippen MR) is 224 cm³/mol. The normalized spacial score (nSPS) is 11.5. The maximum absolute atomic E-state index is 2.43. The van der Waals surface area contributed by atoms with Crippen LogP contribution in [0.1, 0.15) is 0 Å². The molecule has 10 aromatic rings. The van der Waals surface area contributed by atoms with Crippen molar-refractivity contribution in [1.82, 2.24) is 0 Å². The van der Waals surface area contributed by atoms with Gasteiger partial charge in [-0.15, -0.1) is 0 Å². The van der Waals surface area contributed by atoms with Crippen LogP contribution in [0.5, 0.6) is 0 Å². The molecule has 0 nitrogen and oxygen atoms in total. The van der Waals surface area contributed by atoms with Crippen molar-refractivity contribution in [3.8, 4) is 55.6 Å². The summed E-state index contributed by atoms with van der Waals surface area (Å²) in [5.74, 6) is 0. The lowest BCUT2D eigenvalue weighted by Gasteiger charge is -2.19. The van der Waals surface area contributed by atoms with E-state index >= 15 is 0 Å². The first-order valence-corrected chi connectivity index (χ1v) is 18.0. The predicted octanol–water partition coefficient (Wildman–Crippen LogP) is 14.6. The van der Waals surface area contributed by atoms with Crippen molar-refractivity contribution in [2.75, 3.05) is 0 Å². The summed E-state index contributed by atoms with van der Waals surface area (Å²) in [6, 6.07) is 75.7. The summed E-state index contributed by atoms with van der Waals surface area (Å²) in [6.45, 7) is 0. The zero-order chi connectivity index (χ0) is 34.4. The van der Waals surface area contributed by atoms with Gasteiger partial charge < -0.3 is 0 Å². The fraction of sp³-hybridized carbons (Fsp3) is 0. The number of rotatable bonds is 5. The summed E-state index contributed by atoms with van der Waals surface area (Å²) < 4.78 is 0. The molecule has 0 amide bonds. The van der Waals surface area contributed by atoms with E-state index in [2.05, 4.69) is 206 Å². The highest BCUT2D eigenvalue weighted by molar-refractivity contribution is 6.21. The van der Waals surface area contributed by atoms with Crippen LogP contribution >= 0.6 is 0 Å². The molecule has 0 heterocycles. The third kappa shape index (κ3) is 5.16. The lowest BCUT2D eigenvalue weighted by atomic mass is 9.84. The zero-order valence-electron chi connectivity index (χ0n) is 28.6. The van der Waals surface area contributed by atoms with Gasteiger partial charge in [-0.1, -0.05) is 182 Å². The molecule has 0 N–H and O–H groups in total. The Labute approximate surface area is 303 Å². The number of benzene rings is 10. The van der Waals surface area contributed by atoms with Crippen LogP contribution in [0.15, 0.2) is 206 Å². The lowest BCUT2D eigenvalue weighted by Crippen LogP contribution is -1.93. The molecule has 0 bridgehead atoms. The minimum Gasteiger partial charge on any atom is -0.0622 e. The Morgan fingerprint density at radius 1 is 0.192 bits per heavy atom. The quantitative estimate of drug-likeness (QED) is 0.161. The van der Waals surface area contributed by atoms with Crippen LogP contribution in [-0.4, -0.2) is 0 Å². The lowest BCUT2D eigenvalue weighted by molar-refractivity contribution is 1.58. The fourth-order valence-electron chi connectivity index (χ4n) is 8.14. The largest absolute Gasteiger partial charge is 0.0622 e. The van der Waals surface area contributed by atoms with E-state index < -0.39 is 0 Å². The summed E-state index contributed by atoms with van der Waals surface area (Å²) >= 11 is 0. The topological polar surface area (TPSA) is 0 Å². The van der Waals surface area contributed by atoms with Crippen LogP contribution in [0.25, 0.3) is 98.7 Å². The molecule has 0 aromatic heterocycles. The first-order chi connectivity index (χ1) is 25.8. The molecule has 0 aliphatic heterocycles. The Morgan fingerprint density at radius 3 is 1.25 bits per heavy atom. The van der Waals surface area contributed by atoms with Gasteiger partial charge in [0, 0.05) is 0 Å². The van der Waals surface area contributed by atoms with Crippen molar-refractivity contribution >= 4 is 43.1 Å². The first kappa shape index (κ1) is 30.1. The van der Waals surface area contributed by atoms with Crippen molar-refractivity contribution in [3.63, 3.8) is 0 Å².